The van der Waals surface area contributed by atoms with Gasteiger partial charge in [-0.25, -0.2) is 15.0 Å². The van der Waals surface area contributed by atoms with Crippen molar-refractivity contribution in [2.45, 2.75) is 0 Å². The summed E-state index contributed by atoms with van der Waals surface area (Å²) in [5.41, 5.74) is 10.7. The Balaban J connectivity index is 1.24. The number of hydrogen-bond acceptors (Lipinski definition) is 4. The molecule has 5 heteroatoms. The predicted molar refractivity (Wildman–Crippen MR) is 234 cm³/mol. The van der Waals surface area contributed by atoms with Crippen LogP contribution < -0.4 is 0 Å². The first kappa shape index (κ1) is 32.2. The second-order valence-electron chi connectivity index (χ2n) is 14.0. The monoisotopic (exact) mass is 732 g/mol. The second kappa shape index (κ2) is 13.3. The Labute approximate surface area is 327 Å². The van der Waals surface area contributed by atoms with E-state index in [0.717, 1.165) is 55.7 Å². The van der Waals surface area contributed by atoms with Gasteiger partial charge in [-0.1, -0.05) is 164 Å². The molecule has 11 rings (SSSR count). The van der Waals surface area contributed by atoms with Gasteiger partial charge in [-0.05, 0) is 47.0 Å². The summed E-state index contributed by atoms with van der Waals surface area (Å²) >= 11 is 1.79. The number of rotatable bonds is 6. The minimum Gasteiger partial charge on any atom is -0.308 e. The van der Waals surface area contributed by atoms with Crippen LogP contribution in [0.15, 0.2) is 194 Å². The van der Waals surface area contributed by atoms with Crippen molar-refractivity contribution in [2.24, 2.45) is 0 Å². The molecule has 0 fully saturated rings. The molecule has 0 aliphatic heterocycles. The maximum absolute atomic E-state index is 5.40. The van der Waals surface area contributed by atoms with Gasteiger partial charge in [0.2, 0.25) is 0 Å². The summed E-state index contributed by atoms with van der Waals surface area (Å²) < 4.78 is 4.83. The normalized spacial score (nSPS) is 11.6. The van der Waals surface area contributed by atoms with Crippen LogP contribution in [0.3, 0.4) is 0 Å². The number of thiophene rings is 1. The Morgan fingerprint density at radius 1 is 0.357 bits per heavy atom. The van der Waals surface area contributed by atoms with E-state index in [4.69, 9.17) is 15.0 Å². The highest BCUT2D eigenvalue weighted by Crippen LogP contribution is 2.43. The first-order valence-electron chi connectivity index (χ1n) is 18.8. The molecule has 0 bridgehead atoms. The SMILES string of the molecule is c1ccc(-c2ccc(-c3nc(-c4ccccc4)nc(-c4cccc5c4sc4ccccc45)n3)c(-n3c4ccccc4c4cccc(-c5ccccc5)c43)c2)cc1. The van der Waals surface area contributed by atoms with Crippen LogP contribution in [0.5, 0.6) is 0 Å². The third-order valence-corrected chi connectivity index (χ3v) is 11.9. The molecular formula is C51H32N4S. The van der Waals surface area contributed by atoms with Crippen LogP contribution in [0.4, 0.5) is 0 Å². The Morgan fingerprint density at radius 2 is 0.929 bits per heavy atom. The highest BCUT2D eigenvalue weighted by atomic mass is 32.1. The van der Waals surface area contributed by atoms with E-state index in [0.29, 0.717) is 17.5 Å². The Bertz CT molecular complexity index is 3240. The zero-order chi connectivity index (χ0) is 37.0. The van der Waals surface area contributed by atoms with Crippen LogP contribution in [0, 0.1) is 0 Å². The van der Waals surface area contributed by atoms with Crippen LogP contribution >= 0.6 is 11.3 Å². The van der Waals surface area contributed by atoms with E-state index < -0.39 is 0 Å². The molecule has 0 saturated heterocycles. The number of benzene rings is 8. The van der Waals surface area contributed by atoms with Crippen molar-refractivity contribution in [3.63, 3.8) is 0 Å². The molecule has 0 aliphatic carbocycles. The van der Waals surface area contributed by atoms with Crippen molar-refractivity contribution < 1.29 is 0 Å². The number of para-hydroxylation sites is 2. The average molecular weight is 733 g/mol. The molecule has 0 aliphatic rings. The summed E-state index contributed by atoms with van der Waals surface area (Å²) in [5.74, 6) is 1.90. The number of aromatic nitrogens is 4. The lowest BCUT2D eigenvalue weighted by atomic mass is 10.00. The molecule has 11 aromatic rings. The molecule has 262 valence electrons. The fraction of sp³-hybridized carbons (Fsp3) is 0. The van der Waals surface area contributed by atoms with Crippen molar-refractivity contribution in [3.8, 4) is 62.1 Å². The van der Waals surface area contributed by atoms with Crippen molar-refractivity contribution in [3.05, 3.63) is 194 Å². The number of nitrogens with zero attached hydrogens (tertiary/aromatic N) is 4. The summed E-state index contributed by atoms with van der Waals surface area (Å²) in [6, 6.07) is 68.6. The fourth-order valence-corrected chi connectivity index (χ4v) is 9.30. The van der Waals surface area contributed by atoms with E-state index >= 15 is 0 Å². The molecule has 3 heterocycles. The molecule has 0 spiro atoms. The van der Waals surface area contributed by atoms with Crippen molar-refractivity contribution in [2.75, 3.05) is 0 Å². The topological polar surface area (TPSA) is 43.6 Å². The van der Waals surface area contributed by atoms with Gasteiger partial charge in [0.25, 0.3) is 0 Å². The quantitative estimate of drug-likeness (QED) is 0.171. The smallest absolute Gasteiger partial charge is 0.166 e. The molecule has 0 amide bonds. The maximum Gasteiger partial charge on any atom is 0.166 e. The molecule has 0 N–H and O–H groups in total. The lowest BCUT2D eigenvalue weighted by Gasteiger charge is -2.18. The number of hydrogen-bond donors (Lipinski definition) is 0. The van der Waals surface area contributed by atoms with Gasteiger partial charge in [-0.2, -0.15) is 0 Å². The molecule has 3 aromatic heterocycles. The summed E-state index contributed by atoms with van der Waals surface area (Å²) in [7, 11) is 0. The van der Waals surface area contributed by atoms with Crippen LogP contribution in [0.1, 0.15) is 0 Å². The summed E-state index contributed by atoms with van der Waals surface area (Å²) in [4.78, 5) is 15.9. The van der Waals surface area contributed by atoms with Crippen molar-refractivity contribution >= 4 is 53.3 Å². The minimum atomic E-state index is 0.615. The maximum atomic E-state index is 5.40. The van der Waals surface area contributed by atoms with Gasteiger partial charge in [0.05, 0.1) is 16.7 Å². The molecular weight excluding hydrogens is 701 g/mol. The summed E-state index contributed by atoms with van der Waals surface area (Å²) in [6.07, 6.45) is 0. The summed E-state index contributed by atoms with van der Waals surface area (Å²) in [6.45, 7) is 0. The Hall–Kier alpha value is -7.21. The standard InChI is InChI=1S/C51H32N4S/c1-4-16-33(17-5-1)36-30-31-42(45(32-36)55-44-28-12-10-22-38(44)40-25-14-24-37(47(40)55)34-18-6-2-7-19-34)50-52-49(35-20-8-3-9-21-35)53-51(54-50)43-27-15-26-41-39-23-11-13-29-46(39)56-48(41)43/h1-32H. The van der Waals surface area contributed by atoms with E-state index in [9.17, 15) is 0 Å². The Kier molecular flexibility index (Phi) is 7.64. The molecule has 0 radical (unpaired) electrons. The average Bonchev–Trinajstić information content (AvgIpc) is 3.83. The van der Waals surface area contributed by atoms with Gasteiger partial charge in [0.15, 0.2) is 17.5 Å². The first-order valence-corrected chi connectivity index (χ1v) is 19.6. The third-order valence-electron chi connectivity index (χ3n) is 10.7. The fourth-order valence-electron chi connectivity index (χ4n) is 8.09. The summed E-state index contributed by atoms with van der Waals surface area (Å²) in [5, 5.41) is 4.83. The molecule has 0 saturated carbocycles. The van der Waals surface area contributed by atoms with Gasteiger partial charge in [-0.15, -0.1) is 11.3 Å². The van der Waals surface area contributed by atoms with E-state index in [-0.39, 0.29) is 0 Å². The third kappa shape index (κ3) is 5.32. The Morgan fingerprint density at radius 3 is 1.70 bits per heavy atom. The highest BCUT2D eigenvalue weighted by molar-refractivity contribution is 7.26. The van der Waals surface area contributed by atoms with Crippen molar-refractivity contribution in [1.82, 2.24) is 19.5 Å². The lowest BCUT2D eigenvalue weighted by molar-refractivity contribution is 1.07. The first-order chi connectivity index (χ1) is 27.8. The van der Waals surface area contributed by atoms with Gasteiger partial charge >= 0.3 is 0 Å². The van der Waals surface area contributed by atoms with Crippen LogP contribution in [0.25, 0.3) is 104 Å². The zero-order valence-corrected chi connectivity index (χ0v) is 31.0. The van der Waals surface area contributed by atoms with Crippen LogP contribution in [-0.2, 0) is 0 Å². The molecule has 0 atom stereocenters. The van der Waals surface area contributed by atoms with Crippen molar-refractivity contribution in [1.29, 1.82) is 0 Å². The molecule has 4 nitrogen and oxygen atoms in total. The van der Waals surface area contributed by atoms with Gasteiger partial charge < -0.3 is 4.57 Å². The largest absolute Gasteiger partial charge is 0.308 e. The molecule has 8 aromatic carbocycles. The number of fused-ring (bicyclic) bond motifs is 6. The van der Waals surface area contributed by atoms with E-state index in [1.54, 1.807) is 11.3 Å². The zero-order valence-electron chi connectivity index (χ0n) is 30.2. The predicted octanol–water partition coefficient (Wildman–Crippen LogP) is 13.7. The van der Waals surface area contributed by atoms with Gasteiger partial charge in [-0.3, -0.25) is 0 Å². The second-order valence-corrected chi connectivity index (χ2v) is 15.0. The minimum absolute atomic E-state index is 0.615. The van der Waals surface area contributed by atoms with E-state index in [2.05, 4.69) is 180 Å². The molecule has 56 heavy (non-hydrogen) atoms. The van der Waals surface area contributed by atoms with E-state index in [1.165, 1.54) is 30.9 Å². The van der Waals surface area contributed by atoms with E-state index in [1.807, 2.05) is 18.2 Å². The van der Waals surface area contributed by atoms with Crippen LogP contribution in [-0.4, -0.2) is 19.5 Å². The highest BCUT2D eigenvalue weighted by Gasteiger charge is 2.23. The van der Waals surface area contributed by atoms with Gasteiger partial charge in [0.1, 0.15) is 0 Å². The van der Waals surface area contributed by atoms with Gasteiger partial charge in [0, 0.05) is 53.2 Å². The van der Waals surface area contributed by atoms with Crippen LogP contribution in [0.2, 0.25) is 0 Å². The lowest BCUT2D eigenvalue weighted by Crippen LogP contribution is -2.04. The molecule has 0 unspecified atom stereocenters.